The molecule has 0 spiro atoms. The first-order valence-corrected chi connectivity index (χ1v) is 4.65. The van der Waals surface area contributed by atoms with Crippen LogP contribution in [-0.4, -0.2) is 29.1 Å². The molecule has 1 radical (unpaired) electrons. The van der Waals surface area contributed by atoms with E-state index in [9.17, 15) is 0 Å². The van der Waals surface area contributed by atoms with Gasteiger partial charge in [-0.2, -0.15) is 0 Å². The molecule has 0 N–H and O–H groups in total. The van der Waals surface area contributed by atoms with Gasteiger partial charge in [-0.05, 0) is 0 Å². The average molecular weight is 262 g/mol. The van der Waals surface area contributed by atoms with Crippen LogP contribution in [0.1, 0.15) is 0 Å². The van der Waals surface area contributed by atoms with E-state index in [1.54, 1.807) is 46.4 Å². The van der Waals surface area contributed by atoms with Crippen LogP contribution in [0.3, 0.4) is 0 Å². The molecule has 0 aliphatic rings. The van der Waals surface area contributed by atoms with Gasteiger partial charge in [-0.1, -0.05) is 6.20 Å². The minimum absolute atomic E-state index is 0. The Kier molecular flexibility index (Phi) is 3.36. The average Bonchev–Trinajstić information content (AvgIpc) is 3.03. The normalized spacial score (nSPS) is 9.88. The molecule has 0 atom stereocenters. The third-order valence-electron chi connectivity index (χ3n) is 2.08. The maximum absolute atomic E-state index is 4.36. The van der Waals surface area contributed by atoms with Gasteiger partial charge in [0.1, 0.15) is 5.95 Å². The van der Waals surface area contributed by atoms with E-state index in [1.165, 1.54) is 0 Å². The van der Waals surface area contributed by atoms with E-state index in [4.69, 9.17) is 0 Å². The Morgan fingerprint density at radius 1 is 1.00 bits per heavy atom. The molecule has 0 amide bonds. The van der Waals surface area contributed by atoms with E-state index in [0.717, 1.165) is 5.82 Å². The Hall–Kier alpha value is -1.92. The zero-order valence-corrected chi connectivity index (χ0v) is 10.1. The molecule has 0 aliphatic heterocycles. The minimum atomic E-state index is 0. The van der Waals surface area contributed by atoms with Crippen LogP contribution in [0.4, 0.5) is 0 Å². The molecule has 0 bridgehead atoms. The van der Waals surface area contributed by atoms with E-state index in [0.29, 0.717) is 5.95 Å². The van der Waals surface area contributed by atoms with Crippen molar-refractivity contribution in [3.8, 4) is 11.8 Å². The van der Waals surface area contributed by atoms with Crippen LogP contribution in [-0.2, 0) is 18.6 Å². The summed E-state index contributed by atoms with van der Waals surface area (Å²) in [7, 11) is 0. The number of rotatable bonds is 2. The van der Waals surface area contributed by atoms with Gasteiger partial charge in [0.2, 0.25) is 0 Å². The molecule has 3 aromatic heterocycles. The molecular weight excluding hydrogens is 255 g/mol. The van der Waals surface area contributed by atoms with Gasteiger partial charge in [0.05, 0.1) is 12.7 Å². The van der Waals surface area contributed by atoms with Crippen molar-refractivity contribution in [1.29, 1.82) is 0 Å². The molecule has 7 heteroatoms. The summed E-state index contributed by atoms with van der Waals surface area (Å²) in [6.07, 6.45) is 13.1. The van der Waals surface area contributed by atoms with Gasteiger partial charge in [-0.25, -0.2) is 9.97 Å². The molecule has 0 aromatic carbocycles. The number of hydrogen-bond acceptors (Lipinski definition) is 4. The van der Waals surface area contributed by atoms with Gasteiger partial charge in [0.25, 0.3) is 0 Å². The van der Waals surface area contributed by atoms with Crippen molar-refractivity contribution in [2.75, 3.05) is 0 Å². The largest absolute Gasteiger partial charge is 2.00 e. The van der Waals surface area contributed by atoms with Crippen molar-refractivity contribution < 1.29 is 18.6 Å². The second kappa shape index (κ2) is 4.94. The first-order chi connectivity index (χ1) is 7.93. The van der Waals surface area contributed by atoms with Gasteiger partial charge in [0.15, 0.2) is 0 Å². The van der Waals surface area contributed by atoms with Crippen LogP contribution in [0.2, 0.25) is 0 Å². The Morgan fingerprint density at radius 2 is 1.71 bits per heavy atom. The first-order valence-electron chi connectivity index (χ1n) is 4.65. The van der Waals surface area contributed by atoms with Crippen LogP contribution in [0.25, 0.3) is 11.8 Å². The van der Waals surface area contributed by atoms with Gasteiger partial charge in [-0.3, -0.25) is 0 Å². The molecule has 0 fully saturated rings. The van der Waals surface area contributed by atoms with Crippen LogP contribution in [0, 0.1) is 6.20 Å². The van der Waals surface area contributed by atoms with E-state index in [-0.39, 0.29) is 18.6 Å². The summed E-state index contributed by atoms with van der Waals surface area (Å²) in [6, 6.07) is 1.70. The summed E-state index contributed by atoms with van der Waals surface area (Å²) in [5.74, 6) is 1.25. The number of aromatic nitrogens is 6. The Labute approximate surface area is 109 Å². The SMILES string of the molecule is [V+2].[c-]1cc(-n2ccnc2)nc(-n2ccnc2)n1. The number of imidazole rings is 2. The maximum Gasteiger partial charge on any atom is 2.00 e. The topological polar surface area (TPSA) is 61.4 Å². The molecule has 3 aromatic rings. The summed E-state index contributed by atoms with van der Waals surface area (Å²) < 4.78 is 3.51. The van der Waals surface area contributed by atoms with Crippen molar-refractivity contribution in [2.24, 2.45) is 0 Å². The second-order valence-electron chi connectivity index (χ2n) is 3.10. The molecule has 81 valence electrons. The minimum Gasteiger partial charge on any atom is -0.354 e. The second-order valence-corrected chi connectivity index (χ2v) is 3.10. The Morgan fingerprint density at radius 3 is 2.35 bits per heavy atom. The van der Waals surface area contributed by atoms with Gasteiger partial charge >= 0.3 is 18.6 Å². The molecule has 0 saturated carbocycles. The summed E-state index contributed by atoms with van der Waals surface area (Å²) in [5, 5.41) is 0. The third kappa shape index (κ3) is 2.27. The molecule has 17 heavy (non-hydrogen) atoms. The third-order valence-corrected chi connectivity index (χ3v) is 2.08. The molecule has 0 unspecified atom stereocenters. The Balaban J connectivity index is 0.00000108. The van der Waals surface area contributed by atoms with Crippen molar-refractivity contribution >= 4 is 0 Å². The van der Waals surface area contributed by atoms with Gasteiger partial charge < -0.3 is 19.1 Å². The zero-order chi connectivity index (χ0) is 10.8. The molecule has 0 saturated heterocycles. The Bertz CT molecular complexity index is 525. The molecule has 3 rings (SSSR count). The van der Waals surface area contributed by atoms with Crippen molar-refractivity contribution in [3.63, 3.8) is 0 Å². The van der Waals surface area contributed by atoms with Crippen LogP contribution in [0.5, 0.6) is 0 Å². The molecule has 6 nitrogen and oxygen atoms in total. The summed E-state index contributed by atoms with van der Waals surface area (Å²) in [5.41, 5.74) is 0. The number of nitrogens with zero attached hydrogens (tertiary/aromatic N) is 6. The van der Waals surface area contributed by atoms with Crippen molar-refractivity contribution in [1.82, 2.24) is 29.1 Å². The maximum atomic E-state index is 4.36. The van der Waals surface area contributed by atoms with Crippen molar-refractivity contribution in [3.05, 3.63) is 49.7 Å². The molecule has 0 aliphatic carbocycles. The standard InChI is InChI=1S/C10H7N6.V/c1-2-13-10(16-6-4-12-8-16)14-9(1)15-5-3-11-7-15;/h1,3-8H;/q-1;+2. The van der Waals surface area contributed by atoms with Gasteiger partial charge in [0, 0.05) is 30.6 Å². The fourth-order valence-corrected chi connectivity index (χ4v) is 1.33. The van der Waals surface area contributed by atoms with E-state index in [2.05, 4.69) is 26.1 Å². The quantitative estimate of drug-likeness (QED) is 0.636. The fraction of sp³-hybridized carbons (Fsp3) is 0. The van der Waals surface area contributed by atoms with E-state index >= 15 is 0 Å². The fourth-order valence-electron chi connectivity index (χ4n) is 1.33. The van der Waals surface area contributed by atoms with Crippen LogP contribution in [0.15, 0.2) is 43.5 Å². The first kappa shape index (κ1) is 11.6. The summed E-state index contributed by atoms with van der Waals surface area (Å²) >= 11 is 0. The monoisotopic (exact) mass is 262 g/mol. The summed E-state index contributed by atoms with van der Waals surface area (Å²) in [6.45, 7) is 0. The van der Waals surface area contributed by atoms with E-state index < -0.39 is 0 Å². The number of hydrogen-bond donors (Lipinski definition) is 0. The smallest absolute Gasteiger partial charge is 0.354 e. The predicted octanol–water partition coefficient (Wildman–Crippen LogP) is 0.646. The van der Waals surface area contributed by atoms with Crippen LogP contribution < -0.4 is 0 Å². The zero-order valence-electron chi connectivity index (χ0n) is 8.67. The van der Waals surface area contributed by atoms with Gasteiger partial charge in [-0.15, -0.1) is 6.07 Å². The predicted molar refractivity (Wildman–Crippen MR) is 55.1 cm³/mol. The summed E-state index contributed by atoms with van der Waals surface area (Å²) in [4.78, 5) is 16.3. The molecule has 3 heterocycles. The van der Waals surface area contributed by atoms with Crippen molar-refractivity contribution in [2.45, 2.75) is 0 Å². The molecular formula is C10H7N6V+. The van der Waals surface area contributed by atoms with Crippen LogP contribution >= 0.6 is 0 Å². The van der Waals surface area contributed by atoms with E-state index in [1.807, 2.05) is 6.20 Å².